The van der Waals surface area contributed by atoms with Crippen LogP contribution in [0.1, 0.15) is 22.8 Å². The van der Waals surface area contributed by atoms with Gasteiger partial charge in [0.2, 0.25) is 0 Å². The number of aromatic hydroxyl groups is 1. The van der Waals surface area contributed by atoms with Gasteiger partial charge in [-0.05, 0) is 41.4 Å². The number of Topliss-reactive ketones (excluding diaryl/α,β-unsaturated/α-hetero) is 1. The molecule has 98 valence electrons. The molecule has 0 saturated carbocycles. The number of esters is 1. The molecule has 1 aromatic carbocycles. The molecule has 0 heterocycles. The van der Waals surface area contributed by atoms with Gasteiger partial charge in [-0.2, -0.15) is 0 Å². The summed E-state index contributed by atoms with van der Waals surface area (Å²) in [5, 5.41) is 9.95. The highest BCUT2D eigenvalue weighted by molar-refractivity contribution is 9.10. The Bertz CT molecular complexity index is 496. The highest BCUT2D eigenvalue weighted by atomic mass is 79.9. The fraction of sp³-hybridized carbons (Fsp3) is 0.333. The Morgan fingerprint density at radius 1 is 1.44 bits per heavy atom. The number of hydrogen-bond acceptors (Lipinski definition) is 5. The first-order valence-corrected chi connectivity index (χ1v) is 6.00. The van der Waals surface area contributed by atoms with Gasteiger partial charge in [0.05, 0.1) is 23.8 Å². The van der Waals surface area contributed by atoms with Crippen molar-refractivity contribution in [2.45, 2.75) is 13.8 Å². The Kier molecular flexibility index (Phi) is 4.72. The molecule has 0 aliphatic heterocycles. The average molecular weight is 317 g/mol. The quantitative estimate of drug-likeness (QED) is 0.524. The van der Waals surface area contributed by atoms with E-state index in [0.29, 0.717) is 10.0 Å². The number of phenolic OH excluding ortho intramolecular Hbond substituents is 1. The summed E-state index contributed by atoms with van der Waals surface area (Å²) in [7, 11) is 1.35. The molecule has 0 spiro atoms. The van der Waals surface area contributed by atoms with Crippen LogP contribution in [0.3, 0.4) is 0 Å². The summed E-state index contributed by atoms with van der Waals surface area (Å²) >= 11 is 3.20. The van der Waals surface area contributed by atoms with Crippen LogP contribution in [-0.2, 0) is 9.53 Å². The number of hydrogen-bond donors (Lipinski definition) is 1. The van der Waals surface area contributed by atoms with Gasteiger partial charge in [0.25, 0.3) is 5.78 Å². The summed E-state index contributed by atoms with van der Waals surface area (Å²) in [5.41, 5.74) is 0.353. The van der Waals surface area contributed by atoms with Crippen LogP contribution in [0.4, 0.5) is 0 Å². The molecule has 0 aliphatic carbocycles. The topological polar surface area (TPSA) is 72.8 Å². The molecule has 0 unspecified atom stereocenters. The maximum atomic E-state index is 11.9. The molecule has 0 atom stereocenters. The van der Waals surface area contributed by atoms with Gasteiger partial charge in [-0.1, -0.05) is 0 Å². The number of carbonyl (C=O) groups is 2. The Hall–Kier alpha value is -1.56. The fourth-order valence-corrected chi connectivity index (χ4v) is 2.21. The van der Waals surface area contributed by atoms with Crippen molar-refractivity contribution in [1.82, 2.24) is 0 Å². The van der Waals surface area contributed by atoms with Crippen molar-refractivity contribution in [2.75, 3.05) is 13.7 Å². The number of phenols is 1. The zero-order chi connectivity index (χ0) is 13.9. The molecule has 0 aliphatic rings. The number of aryl methyl sites for hydroxylation is 1. The minimum absolute atomic E-state index is 0.0953. The molecule has 0 bridgehead atoms. The Labute approximate surface area is 113 Å². The van der Waals surface area contributed by atoms with E-state index in [2.05, 4.69) is 20.7 Å². The van der Waals surface area contributed by atoms with Gasteiger partial charge >= 0.3 is 5.97 Å². The number of methoxy groups -OCH3 is 1. The number of halogens is 1. The van der Waals surface area contributed by atoms with Crippen molar-refractivity contribution in [3.8, 4) is 11.5 Å². The zero-order valence-electron chi connectivity index (χ0n) is 10.2. The highest BCUT2D eigenvalue weighted by Gasteiger charge is 2.26. The number of ether oxygens (including phenoxy) is 2. The van der Waals surface area contributed by atoms with Gasteiger partial charge in [0.1, 0.15) is 0 Å². The second-order valence-electron chi connectivity index (χ2n) is 3.48. The van der Waals surface area contributed by atoms with Crippen molar-refractivity contribution in [1.29, 1.82) is 0 Å². The van der Waals surface area contributed by atoms with Crippen LogP contribution in [0.2, 0.25) is 0 Å². The van der Waals surface area contributed by atoms with Crippen molar-refractivity contribution < 1.29 is 24.2 Å². The molecular formula is C12H13BrO5. The van der Waals surface area contributed by atoms with E-state index < -0.39 is 11.8 Å². The lowest BCUT2D eigenvalue weighted by molar-refractivity contribution is -0.137. The third kappa shape index (κ3) is 2.64. The van der Waals surface area contributed by atoms with E-state index in [1.165, 1.54) is 7.11 Å². The first kappa shape index (κ1) is 14.5. The van der Waals surface area contributed by atoms with Crippen LogP contribution in [0.5, 0.6) is 11.5 Å². The zero-order valence-corrected chi connectivity index (χ0v) is 11.8. The molecule has 0 amide bonds. The maximum absolute atomic E-state index is 11.9. The number of ketones is 1. The lowest BCUT2D eigenvalue weighted by Crippen LogP contribution is -2.19. The van der Waals surface area contributed by atoms with Gasteiger partial charge in [-0.3, -0.25) is 4.79 Å². The van der Waals surface area contributed by atoms with E-state index >= 15 is 0 Å². The minimum Gasteiger partial charge on any atom is -0.504 e. The van der Waals surface area contributed by atoms with Gasteiger partial charge < -0.3 is 14.6 Å². The third-order valence-electron chi connectivity index (χ3n) is 2.30. The summed E-state index contributed by atoms with van der Waals surface area (Å²) in [6, 6.07) is 1.59. The number of rotatable bonds is 4. The third-order valence-corrected chi connectivity index (χ3v) is 2.89. The van der Waals surface area contributed by atoms with E-state index in [-0.39, 0.29) is 23.7 Å². The molecular weight excluding hydrogens is 304 g/mol. The van der Waals surface area contributed by atoms with Gasteiger partial charge in [-0.25, -0.2) is 4.79 Å². The Morgan fingerprint density at radius 3 is 2.56 bits per heavy atom. The molecule has 0 saturated heterocycles. The minimum atomic E-state index is -1.000. The van der Waals surface area contributed by atoms with Crippen LogP contribution >= 0.6 is 15.9 Å². The van der Waals surface area contributed by atoms with E-state index in [0.717, 1.165) is 0 Å². The Morgan fingerprint density at radius 2 is 2.06 bits per heavy atom. The van der Waals surface area contributed by atoms with E-state index in [9.17, 15) is 14.7 Å². The number of benzene rings is 1. The monoisotopic (exact) mass is 316 g/mol. The van der Waals surface area contributed by atoms with Crippen molar-refractivity contribution in [3.05, 3.63) is 21.7 Å². The summed E-state index contributed by atoms with van der Waals surface area (Å²) in [5.74, 6) is -2.16. The molecule has 1 N–H and O–H groups in total. The van der Waals surface area contributed by atoms with E-state index in [1.54, 1.807) is 19.9 Å². The van der Waals surface area contributed by atoms with Crippen LogP contribution in [0, 0.1) is 6.92 Å². The summed E-state index contributed by atoms with van der Waals surface area (Å²) < 4.78 is 10.1. The summed E-state index contributed by atoms with van der Waals surface area (Å²) in [4.78, 5) is 23.2. The molecule has 6 heteroatoms. The second-order valence-corrected chi connectivity index (χ2v) is 4.34. The van der Waals surface area contributed by atoms with Gasteiger partial charge in [0, 0.05) is 0 Å². The van der Waals surface area contributed by atoms with Gasteiger partial charge in [-0.15, -0.1) is 0 Å². The molecule has 1 aromatic rings. The Balaban J connectivity index is 3.32. The number of carbonyl (C=O) groups excluding carboxylic acids is 2. The average Bonchev–Trinajstić information content (AvgIpc) is 2.29. The maximum Gasteiger partial charge on any atom is 0.379 e. The molecule has 18 heavy (non-hydrogen) atoms. The predicted octanol–water partition coefficient (Wildman–Crippen LogP) is 2.22. The molecule has 5 nitrogen and oxygen atoms in total. The summed E-state index contributed by atoms with van der Waals surface area (Å²) in [6.07, 6.45) is 0. The van der Waals surface area contributed by atoms with Crippen LogP contribution < -0.4 is 4.74 Å². The lowest BCUT2D eigenvalue weighted by Gasteiger charge is -2.12. The predicted molar refractivity (Wildman–Crippen MR) is 68.1 cm³/mol. The normalized spacial score (nSPS) is 10.0. The first-order chi connectivity index (χ1) is 8.43. The molecule has 1 rings (SSSR count). The standard InChI is InChI=1S/C12H13BrO5/c1-4-18-12(16)10(15)8-6(2)5-7(13)11(17-3)9(8)14/h5,14H,4H2,1-3H3. The van der Waals surface area contributed by atoms with Crippen molar-refractivity contribution >= 4 is 27.7 Å². The molecule has 0 aromatic heterocycles. The smallest absolute Gasteiger partial charge is 0.379 e. The van der Waals surface area contributed by atoms with Crippen LogP contribution in [0.25, 0.3) is 0 Å². The van der Waals surface area contributed by atoms with Crippen molar-refractivity contribution in [3.63, 3.8) is 0 Å². The fourth-order valence-electron chi connectivity index (χ4n) is 1.52. The first-order valence-electron chi connectivity index (χ1n) is 5.21. The lowest BCUT2D eigenvalue weighted by atomic mass is 10.0. The molecule has 0 fully saturated rings. The summed E-state index contributed by atoms with van der Waals surface area (Å²) in [6.45, 7) is 3.30. The SMILES string of the molecule is CCOC(=O)C(=O)c1c(C)cc(Br)c(OC)c1O. The van der Waals surface area contributed by atoms with E-state index in [1.807, 2.05) is 0 Å². The molecule has 0 radical (unpaired) electrons. The van der Waals surface area contributed by atoms with E-state index in [4.69, 9.17) is 4.74 Å². The van der Waals surface area contributed by atoms with Gasteiger partial charge in [0.15, 0.2) is 11.5 Å². The highest BCUT2D eigenvalue weighted by Crippen LogP contribution is 2.39. The van der Waals surface area contributed by atoms with Crippen LogP contribution in [-0.4, -0.2) is 30.6 Å². The largest absolute Gasteiger partial charge is 0.504 e. The van der Waals surface area contributed by atoms with Crippen LogP contribution in [0.15, 0.2) is 10.5 Å². The van der Waals surface area contributed by atoms with Crippen molar-refractivity contribution in [2.24, 2.45) is 0 Å². The second kappa shape index (κ2) is 5.86.